The number of urea groups is 1. The number of hydrogen-bond acceptors (Lipinski definition) is 4. The van der Waals surface area contributed by atoms with Gasteiger partial charge < -0.3 is 10.5 Å². The number of carbonyl (C=O) groups excluding carboxylic acids is 1. The highest BCUT2D eigenvalue weighted by atomic mass is 32.2. The second-order valence-corrected chi connectivity index (χ2v) is 5.17. The van der Waals surface area contributed by atoms with Crippen LogP contribution in [0.25, 0.3) is 0 Å². The van der Waals surface area contributed by atoms with Crippen molar-refractivity contribution in [2.45, 2.75) is 9.79 Å². The number of carbonyl (C=O) groups is 1. The van der Waals surface area contributed by atoms with Crippen molar-refractivity contribution in [3.8, 4) is 5.75 Å². The van der Waals surface area contributed by atoms with E-state index in [-0.39, 0.29) is 0 Å². The number of methoxy groups -OCH3 is 1. The molecule has 0 aliphatic heterocycles. The Hall–Kier alpha value is -2.47. The fraction of sp³-hybridized carbons (Fsp3) is 0.0667. The van der Waals surface area contributed by atoms with Gasteiger partial charge in [-0.2, -0.15) is 5.10 Å². The Morgan fingerprint density at radius 1 is 1.24 bits per heavy atom. The van der Waals surface area contributed by atoms with Gasteiger partial charge in [0, 0.05) is 15.4 Å². The number of hydrogen-bond donors (Lipinski definition) is 2. The Morgan fingerprint density at radius 2 is 1.95 bits per heavy atom. The molecule has 0 radical (unpaired) electrons. The molecule has 0 aliphatic carbocycles. The van der Waals surface area contributed by atoms with E-state index < -0.39 is 6.03 Å². The van der Waals surface area contributed by atoms with Crippen LogP contribution in [0.1, 0.15) is 5.56 Å². The molecule has 0 aliphatic rings. The molecule has 108 valence electrons. The molecule has 0 heterocycles. The van der Waals surface area contributed by atoms with Gasteiger partial charge in [0.25, 0.3) is 0 Å². The third kappa shape index (κ3) is 4.54. The molecule has 2 aromatic carbocycles. The van der Waals surface area contributed by atoms with Gasteiger partial charge in [-0.1, -0.05) is 30.0 Å². The summed E-state index contributed by atoms with van der Waals surface area (Å²) in [5.74, 6) is 0.819. The highest BCUT2D eigenvalue weighted by molar-refractivity contribution is 7.99. The molecule has 3 N–H and O–H groups in total. The monoisotopic (exact) mass is 301 g/mol. The summed E-state index contributed by atoms with van der Waals surface area (Å²) in [6.07, 6.45) is 1.57. The lowest BCUT2D eigenvalue weighted by molar-refractivity contribution is 0.249. The van der Waals surface area contributed by atoms with Crippen LogP contribution in [0.4, 0.5) is 4.79 Å². The molecule has 0 spiro atoms. The second kappa shape index (κ2) is 7.35. The van der Waals surface area contributed by atoms with Crippen LogP contribution >= 0.6 is 11.8 Å². The molecular weight excluding hydrogens is 286 g/mol. The van der Waals surface area contributed by atoms with Gasteiger partial charge in [-0.25, -0.2) is 10.2 Å². The Labute approximate surface area is 127 Å². The zero-order chi connectivity index (χ0) is 15.1. The number of benzene rings is 2. The summed E-state index contributed by atoms with van der Waals surface area (Å²) >= 11 is 1.60. The minimum atomic E-state index is -0.688. The number of nitrogens with zero attached hydrogens (tertiary/aromatic N) is 1. The molecule has 0 aromatic heterocycles. The molecular formula is C15H15N3O2S. The number of hydrazone groups is 1. The predicted octanol–water partition coefficient (Wildman–Crippen LogP) is 2.85. The van der Waals surface area contributed by atoms with E-state index in [1.807, 2.05) is 48.5 Å². The van der Waals surface area contributed by atoms with Crippen LogP contribution < -0.4 is 15.9 Å². The van der Waals surface area contributed by atoms with Gasteiger partial charge in [-0.3, -0.25) is 0 Å². The molecule has 0 fully saturated rings. The van der Waals surface area contributed by atoms with E-state index in [0.717, 1.165) is 21.1 Å². The van der Waals surface area contributed by atoms with Crippen LogP contribution in [0.2, 0.25) is 0 Å². The summed E-state index contributed by atoms with van der Waals surface area (Å²) in [4.78, 5) is 12.7. The predicted molar refractivity (Wildman–Crippen MR) is 83.9 cm³/mol. The number of rotatable bonds is 5. The largest absolute Gasteiger partial charge is 0.497 e. The van der Waals surface area contributed by atoms with Gasteiger partial charge in [0.15, 0.2) is 0 Å². The van der Waals surface area contributed by atoms with Crippen molar-refractivity contribution in [3.05, 3.63) is 54.1 Å². The third-order valence-corrected chi connectivity index (χ3v) is 3.68. The fourth-order valence-electron chi connectivity index (χ4n) is 1.62. The molecule has 0 unspecified atom stereocenters. The number of nitrogens with one attached hydrogen (secondary N) is 1. The Bertz CT molecular complexity index is 642. The van der Waals surface area contributed by atoms with E-state index in [1.54, 1.807) is 25.1 Å². The molecule has 0 saturated heterocycles. The average molecular weight is 301 g/mol. The van der Waals surface area contributed by atoms with E-state index >= 15 is 0 Å². The molecule has 0 saturated carbocycles. The molecule has 2 amide bonds. The van der Waals surface area contributed by atoms with Crippen LogP contribution in [0.15, 0.2) is 63.4 Å². The van der Waals surface area contributed by atoms with Gasteiger partial charge >= 0.3 is 6.03 Å². The van der Waals surface area contributed by atoms with Crippen LogP contribution in [0.5, 0.6) is 5.75 Å². The van der Waals surface area contributed by atoms with Crippen LogP contribution in [0, 0.1) is 0 Å². The lowest BCUT2D eigenvalue weighted by Gasteiger charge is -2.06. The van der Waals surface area contributed by atoms with E-state index in [0.29, 0.717) is 0 Å². The maximum Gasteiger partial charge on any atom is 0.332 e. The first-order valence-corrected chi connectivity index (χ1v) is 7.00. The minimum absolute atomic E-state index is 0.688. The van der Waals surface area contributed by atoms with Gasteiger partial charge in [-0.15, -0.1) is 0 Å². The van der Waals surface area contributed by atoms with Crippen molar-refractivity contribution in [2.24, 2.45) is 10.8 Å². The minimum Gasteiger partial charge on any atom is -0.497 e. The van der Waals surface area contributed by atoms with Gasteiger partial charge in [0.1, 0.15) is 5.75 Å². The molecule has 21 heavy (non-hydrogen) atoms. The number of primary amides is 1. The zero-order valence-electron chi connectivity index (χ0n) is 11.4. The molecule has 6 heteroatoms. The van der Waals surface area contributed by atoms with Crippen molar-refractivity contribution in [1.82, 2.24) is 5.43 Å². The molecule has 0 atom stereocenters. The van der Waals surface area contributed by atoms with Crippen molar-refractivity contribution in [3.63, 3.8) is 0 Å². The summed E-state index contributed by atoms with van der Waals surface area (Å²) in [5, 5.41) is 3.79. The summed E-state index contributed by atoms with van der Waals surface area (Å²) in [6.45, 7) is 0. The SMILES string of the molecule is COc1ccc(Sc2ccccc2/C=N\NC(N)=O)cc1. The first kappa shape index (κ1) is 14.9. The highest BCUT2D eigenvalue weighted by Crippen LogP contribution is 2.30. The standard InChI is InChI=1S/C15H15N3O2S/c1-20-12-6-8-13(9-7-12)21-14-5-3-2-4-11(14)10-17-18-15(16)19/h2-10H,1H3,(H3,16,18,19)/b17-10-. The first-order chi connectivity index (χ1) is 10.2. The highest BCUT2D eigenvalue weighted by Gasteiger charge is 2.03. The van der Waals surface area contributed by atoms with Crippen molar-refractivity contribution in [2.75, 3.05) is 7.11 Å². The summed E-state index contributed by atoms with van der Waals surface area (Å²) in [5.41, 5.74) is 8.04. The normalized spacial score (nSPS) is 10.5. The lowest BCUT2D eigenvalue weighted by atomic mass is 10.2. The number of amides is 2. The summed E-state index contributed by atoms with van der Waals surface area (Å²) in [7, 11) is 1.64. The van der Waals surface area contributed by atoms with Crippen molar-refractivity contribution >= 4 is 24.0 Å². The smallest absolute Gasteiger partial charge is 0.332 e. The van der Waals surface area contributed by atoms with Gasteiger partial charge in [0.2, 0.25) is 0 Å². The molecule has 5 nitrogen and oxygen atoms in total. The first-order valence-electron chi connectivity index (χ1n) is 6.18. The van der Waals surface area contributed by atoms with Gasteiger partial charge in [-0.05, 0) is 30.3 Å². The molecule has 2 aromatic rings. The van der Waals surface area contributed by atoms with Crippen molar-refractivity contribution in [1.29, 1.82) is 0 Å². The van der Waals surface area contributed by atoms with E-state index in [4.69, 9.17) is 10.5 Å². The van der Waals surface area contributed by atoms with Crippen LogP contribution in [-0.2, 0) is 0 Å². The fourth-order valence-corrected chi connectivity index (χ4v) is 2.53. The Kier molecular flexibility index (Phi) is 5.22. The van der Waals surface area contributed by atoms with Crippen molar-refractivity contribution < 1.29 is 9.53 Å². The average Bonchev–Trinajstić information content (AvgIpc) is 2.49. The summed E-state index contributed by atoms with van der Waals surface area (Å²) < 4.78 is 5.14. The third-order valence-electron chi connectivity index (χ3n) is 2.58. The van der Waals surface area contributed by atoms with E-state index in [9.17, 15) is 4.79 Å². The zero-order valence-corrected chi connectivity index (χ0v) is 12.3. The van der Waals surface area contributed by atoms with Crippen LogP contribution in [-0.4, -0.2) is 19.4 Å². The van der Waals surface area contributed by atoms with Crippen LogP contribution in [0.3, 0.4) is 0 Å². The lowest BCUT2D eigenvalue weighted by Crippen LogP contribution is -2.24. The maximum absolute atomic E-state index is 10.6. The molecule has 2 rings (SSSR count). The number of ether oxygens (including phenoxy) is 1. The topological polar surface area (TPSA) is 76.7 Å². The Morgan fingerprint density at radius 3 is 2.62 bits per heavy atom. The quantitative estimate of drug-likeness (QED) is 0.658. The molecule has 0 bridgehead atoms. The summed E-state index contributed by atoms with van der Waals surface area (Å²) in [6, 6.07) is 14.9. The maximum atomic E-state index is 10.6. The van der Waals surface area contributed by atoms with E-state index in [1.165, 1.54) is 0 Å². The number of nitrogens with two attached hydrogens (primary N) is 1. The second-order valence-electron chi connectivity index (χ2n) is 4.05. The Balaban J connectivity index is 2.15. The van der Waals surface area contributed by atoms with Gasteiger partial charge in [0.05, 0.1) is 13.3 Å². The van der Waals surface area contributed by atoms with E-state index in [2.05, 4.69) is 10.5 Å².